The Labute approximate surface area is 206 Å². The van der Waals surface area contributed by atoms with Crippen molar-refractivity contribution in [1.82, 2.24) is 20.4 Å². The van der Waals surface area contributed by atoms with Gasteiger partial charge in [-0.2, -0.15) is 0 Å². The molecule has 4 heterocycles. The van der Waals surface area contributed by atoms with E-state index in [0.717, 1.165) is 41.9 Å². The number of amides is 4. The van der Waals surface area contributed by atoms with Gasteiger partial charge in [-0.05, 0) is 94.2 Å². The van der Waals surface area contributed by atoms with Gasteiger partial charge in [-0.1, -0.05) is 18.9 Å². The molecule has 0 bridgehead atoms. The molecule has 1 aromatic rings. The first-order chi connectivity index (χ1) is 17.0. The Morgan fingerprint density at radius 2 is 1.66 bits per heavy atom. The van der Waals surface area contributed by atoms with Crippen LogP contribution in [0, 0.1) is 11.8 Å². The summed E-state index contributed by atoms with van der Waals surface area (Å²) in [5.41, 5.74) is 1.72. The van der Waals surface area contributed by atoms with Gasteiger partial charge in [-0.25, -0.2) is 0 Å². The van der Waals surface area contributed by atoms with Gasteiger partial charge in [0.15, 0.2) is 0 Å². The molecule has 4 aliphatic heterocycles. The van der Waals surface area contributed by atoms with Gasteiger partial charge in [-0.3, -0.25) is 34.3 Å². The maximum absolute atomic E-state index is 13.1. The van der Waals surface area contributed by atoms with Gasteiger partial charge in [0.05, 0.1) is 11.1 Å². The number of piperidine rings is 3. The first-order valence-corrected chi connectivity index (χ1v) is 13.3. The van der Waals surface area contributed by atoms with E-state index in [2.05, 4.69) is 15.5 Å². The highest BCUT2D eigenvalue weighted by atomic mass is 16.2. The van der Waals surface area contributed by atoms with Gasteiger partial charge >= 0.3 is 0 Å². The molecule has 4 amide bonds. The first kappa shape index (κ1) is 24.1. The molecule has 35 heavy (non-hydrogen) atoms. The van der Waals surface area contributed by atoms with Gasteiger partial charge in [0, 0.05) is 13.0 Å². The highest BCUT2D eigenvalue weighted by Gasteiger charge is 2.44. The van der Waals surface area contributed by atoms with Crippen molar-refractivity contribution >= 4 is 23.6 Å². The Bertz CT molecular complexity index is 995. The smallest absolute Gasteiger partial charge is 0.262 e. The predicted molar refractivity (Wildman–Crippen MR) is 131 cm³/mol. The molecule has 3 saturated heterocycles. The molecule has 8 nitrogen and oxygen atoms in total. The van der Waals surface area contributed by atoms with Crippen LogP contribution >= 0.6 is 0 Å². The molecule has 188 valence electrons. The molecule has 0 aliphatic carbocycles. The normalized spacial score (nSPS) is 26.2. The third kappa shape index (κ3) is 5.33. The Morgan fingerprint density at radius 1 is 0.886 bits per heavy atom. The first-order valence-electron chi connectivity index (χ1n) is 13.3. The van der Waals surface area contributed by atoms with Crippen LogP contribution in [0.1, 0.15) is 84.1 Å². The molecule has 0 aromatic heterocycles. The lowest BCUT2D eigenvalue weighted by molar-refractivity contribution is -0.136. The lowest BCUT2D eigenvalue weighted by Gasteiger charge is -2.32. The van der Waals surface area contributed by atoms with Crippen molar-refractivity contribution in [3.8, 4) is 0 Å². The van der Waals surface area contributed by atoms with Crippen LogP contribution in [-0.4, -0.2) is 65.6 Å². The molecule has 5 rings (SSSR count). The van der Waals surface area contributed by atoms with E-state index in [1.807, 2.05) is 12.1 Å². The van der Waals surface area contributed by atoms with Crippen molar-refractivity contribution in [2.24, 2.45) is 11.8 Å². The molecule has 0 spiro atoms. The summed E-state index contributed by atoms with van der Waals surface area (Å²) in [5.74, 6) is -0.151. The predicted octanol–water partition coefficient (Wildman–Crippen LogP) is 2.47. The minimum atomic E-state index is -0.919. The Hall–Kier alpha value is -2.58. The summed E-state index contributed by atoms with van der Waals surface area (Å²) in [5, 5.41) is 5.76. The van der Waals surface area contributed by atoms with Crippen molar-refractivity contribution in [2.45, 2.75) is 70.4 Å². The number of carbonyl (C=O) groups excluding carboxylic acids is 4. The van der Waals surface area contributed by atoms with E-state index in [9.17, 15) is 19.2 Å². The second-order valence-corrected chi connectivity index (χ2v) is 10.7. The molecule has 2 N–H and O–H groups in total. The van der Waals surface area contributed by atoms with Crippen LogP contribution in [0.3, 0.4) is 0 Å². The maximum atomic E-state index is 13.1. The monoisotopic (exact) mass is 480 g/mol. The van der Waals surface area contributed by atoms with Gasteiger partial charge in [0.25, 0.3) is 11.8 Å². The fourth-order valence-electron chi connectivity index (χ4n) is 6.17. The summed E-state index contributed by atoms with van der Waals surface area (Å²) in [6.07, 6.45) is 9.45. The van der Waals surface area contributed by atoms with Crippen LogP contribution in [-0.2, 0) is 16.1 Å². The SMILES string of the molecule is O=C1CCC(N2C(=O)c3ccc(CN4CCC(CCCC5CCCNC5)CC4)cc3C2=O)C(=O)N1. The Kier molecular flexibility index (Phi) is 7.29. The zero-order chi connectivity index (χ0) is 24.4. The number of likely N-dealkylation sites (tertiary alicyclic amines) is 1. The number of nitrogens with zero attached hydrogens (tertiary/aromatic N) is 2. The van der Waals surface area contributed by atoms with Crippen LogP contribution in [0.2, 0.25) is 0 Å². The largest absolute Gasteiger partial charge is 0.316 e. The Morgan fingerprint density at radius 3 is 2.40 bits per heavy atom. The summed E-state index contributed by atoms with van der Waals surface area (Å²) in [6, 6.07) is 4.52. The number of rotatable bonds is 7. The Balaban J connectivity index is 1.12. The fourth-order valence-corrected chi connectivity index (χ4v) is 6.17. The van der Waals surface area contributed by atoms with Gasteiger partial charge in [-0.15, -0.1) is 0 Å². The van der Waals surface area contributed by atoms with Crippen molar-refractivity contribution in [2.75, 3.05) is 26.2 Å². The molecule has 4 aliphatic rings. The van der Waals surface area contributed by atoms with Crippen molar-refractivity contribution in [1.29, 1.82) is 0 Å². The minimum absolute atomic E-state index is 0.128. The van der Waals surface area contributed by atoms with Gasteiger partial charge in [0.2, 0.25) is 11.8 Å². The van der Waals surface area contributed by atoms with E-state index in [1.165, 1.54) is 58.0 Å². The van der Waals surface area contributed by atoms with E-state index < -0.39 is 23.8 Å². The summed E-state index contributed by atoms with van der Waals surface area (Å²) in [6.45, 7) is 5.25. The molecular formula is C27H36N4O4. The molecular weight excluding hydrogens is 444 g/mol. The molecule has 3 fully saturated rings. The highest BCUT2D eigenvalue weighted by Crippen LogP contribution is 2.30. The zero-order valence-corrected chi connectivity index (χ0v) is 20.4. The van der Waals surface area contributed by atoms with Crippen molar-refractivity contribution in [3.63, 3.8) is 0 Å². The van der Waals surface area contributed by atoms with E-state index in [4.69, 9.17) is 0 Å². The zero-order valence-electron chi connectivity index (χ0n) is 20.4. The lowest BCUT2D eigenvalue weighted by Crippen LogP contribution is -2.54. The van der Waals surface area contributed by atoms with Crippen LogP contribution in [0.5, 0.6) is 0 Å². The average Bonchev–Trinajstić information content (AvgIpc) is 3.10. The molecule has 0 radical (unpaired) electrons. The number of benzene rings is 1. The third-order valence-corrected chi connectivity index (χ3v) is 8.24. The molecule has 1 aromatic carbocycles. The van der Waals surface area contributed by atoms with Gasteiger partial charge < -0.3 is 5.32 Å². The highest BCUT2D eigenvalue weighted by molar-refractivity contribution is 6.23. The third-order valence-electron chi connectivity index (χ3n) is 8.24. The van der Waals surface area contributed by atoms with Crippen molar-refractivity contribution in [3.05, 3.63) is 34.9 Å². The quantitative estimate of drug-likeness (QED) is 0.582. The van der Waals surface area contributed by atoms with E-state index in [-0.39, 0.29) is 18.7 Å². The van der Waals surface area contributed by atoms with Crippen LogP contribution < -0.4 is 10.6 Å². The molecule has 0 saturated carbocycles. The second-order valence-electron chi connectivity index (χ2n) is 10.7. The molecule has 2 atom stereocenters. The summed E-state index contributed by atoms with van der Waals surface area (Å²) in [4.78, 5) is 53.1. The maximum Gasteiger partial charge on any atom is 0.262 e. The number of nitrogens with one attached hydrogen (secondary N) is 2. The van der Waals surface area contributed by atoms with Crippen LogP contribution in [0.15, 0.2) is 18.2 Å². The topological polar surface area (TPSA) is 98.8 Å². The summed E-state index contributed by atoms with van der Waals surface area (Å²) in [7, 11) is 0. The van der Waals surface area contributed by atoms with Crippen LogP contribution in [0.4, 0.5) is 0 Å². The van der Waals surface area contributed by atoms with Crippen LogP contribution in [0.25, 0.3) is 0 Å². The van der Waals surface area contributed by atoms with E-state index >= 15 is 0 Å². The lowest BCUT2D eigenvalue weighted by atomic mass is 9.88. The second kappa shape index (κ2) is 10.6. The minimum Gasteiger partial charge on any atom is -0.316 e. The van der Waals surface area contributed by atoms with E-state index in [1.54, 1.807) is 6.07 Å². The molecule has 8 heteroatoms. The summed E-state index contributed by atoms with van der Waals surface area (Å²) < 4.78 is 0. The number of fused-ring (bicyclic) bond motifs is 1. The number of hydrogen-bond acceptors (Lipinski definition) is 6. The standard InChI is InChI=1S/C27H36N4O4/c32-24-9-8-23(25(33)29-24)31-26(34)21-7-6-20(15-22(21)27(31)35)17-30-13-10-18(11-14-30)3-1-4-19-5-2-12-28-16-19/h6-7,15,18-19,23,28H,1-5,8-14,16-17H2,(H,29,32,33). The fraction of sp³-hybridized carbons (Fsp3) is 0.630. The van der Waals surface area contributed by atoms with Crippen molar-refractivity contribution < 1.29 is 19.2 Å². The summed E-state index contributed by atoms with van der Waals surface area (Å²) >= 11 is 0. The average molecular weight is 481 g/mol. The van der Waals surface area contributed by atoms with E-state index in [0.29, 0.717) is 11.1 Å². The number of carbonyl (C=O) groups is 4. The number of hydrogen-bond donors (Lipinski definition) is 2. The number of imide groups is 2. The van der Waals surface area contributed by atoms with Gasteiger partial charge in [0.1, 0.15) is 6.04 Å². The molecule has 2 unspecified atom stereocenters.